The summed E-state index contributed by atoms with van der Waals surface area (Å²) >= 11 is 0. The van der Waals surface area contributed by atoms with Crippen molar-refractivity contribution in [2.24, 2.45) is 5.10 Å². The lowest BCUT2D eigenvalue weighted by atomic mass is 10.1. The van der Waals surface area contributed by atoms with Crippen molar-refractivity contribution >= 4 is 17.4 Å². The molecule has 0 bridgehead atoms. The fraction of sp³-hybridized carbons (Fsp3) is 0.143. The summed E-state index contributed by atoms with van der Waals surface area (Å²) in [5, 5.41) is 19.6. The van der Waals surface area contributed by atoms with Gasteiger partial charge in [-0.25, -0.2) is 10.1 Å². The molecule has 4 aromatic rings. The number of nitrogen functional groups attached to an aromatic ring is 1. The van der Waals surface area contributed by atoms with Crippen LogP contribution in [0, 0.1) is 0 Å². The second kappa shape index (κ2) is 8.02. The number of fused-ring (bicyclic) bond motifs is 2. The summed E-state index contributed by atoms with van der Waals surface area (Å²) < 4.78 is 27.5. The Hall–Kier alpha value is -5.14. The van der Waals surface area contributed by atoms with Crippen LogP contribution in [0.1, 0.15) is 23.0 Å². The molecule has 2 aromatic heterocycles. The smallest absolute Gasteiger partial charge is 0.294 e. The lowest BCUT2D eigenvalue weighted by Gasteiger charge is -2.07. The zero-order valence-corrected chi connectivity index (χ0v) is 18.1. The minimum Gasteiger partial charge on any atom is -0.454 e. The summed E-state index contributed by atoms with van der Waals surface area (Å²) in [4.78, 5) is 13.1. The van der Waals surface area contributed by atoms with Crippen LogP contribution >= 0.6 is 0 Å². The molecular weight excluding hydrogens is 460 g/mol. The van der Waals surface area contributed by atoms with Gasteiger partial charge in [-0.05, 0) is 53.6 Å². The largest absolute Gasteiger partial charge is 0.454 e. The van der Waals surface area contributed by atoms with E-state index in [0.717, 1.165) is 5.56 Å². The van der Waals surface area contributed by atoms with Crippen LogP contribution in [0.4, 0.5) is 5.82 Å². The third-order valence-electron chi connectivity index (χ3n) is 5.34. The first-order valence-corrected chi connectivity index (χ1v) is 10.3. The Morgan fingerprint density at radius 3 is 2.46 bits per heavy atom. The lowest BCUT2D eigenvalue weighted by molar-refractivity contribution is 0.0950. The van der Waals surface area contributed by atoms with E-state index in [-0.39, 0.29) is 36.6 Å². The average molecular weight is 476 g/mol. The zero-order valence-electron chi connectivity index (χ0n) is 18.1. The summed E-state index contributed by atoms with van der Waals surface area (Å²) in [5.41, 5.74) is 10.4. The third-order valence-corrected chi connectivity index (χ3v) is 5.34. The molecule has 0 radical (unpaired) electrons. The van der Waals surface area contributed by atoms with Crippen LogP contribution in [-0.4, -0.2) is 50.5 Å². The second-order valence-electron chi connectivity index (χ2n) is 7.45. The first-order chi connectivity index (χ1) is 17.1. The molecule has 0 aliphatic carbocycles. The Kier molecular flexibility index (Phi) is 4.69. The van der Waals surface area contributed by atoms with E-state index in [0.29, 0.717) is 34.3 Å². The quantitative estimate of drug-likeness (QED) is 0.315. The minimum atomic E-state index is -0.612. The molecule has 0 saturated heterocycles. The van der Waals surface area contributed by atoms with Crippen molar-refractivity contribution in [1.82, 2.24) is 30.7 Å². The van der Waals surface area contributed by atoms with Gasteiger partial charge < -0.3 is 24.7 Å². The number of anilines is 1. The molecule has 0 fully saturated rings. The Morgan fingerprint density at radius 1 is 1.00 bits per heavy atom. The number of amides is 1. The molecule has 176 valence electrons. The number of nitrogens with one attached hydrogen (secondary N) is 1. The van der Waals surface area contributed by atoms with Gasteiger partial charge in [0, 0.05) is 11.1 Å². The van der Waals surface area contributed by atoms with E-state index in [1.165, 1.54) is 4.68 Å². The van der Waals surface area contributed by atoms with Crippen LogP contribution < -0.4 is 30.1 Å². The SMILES string of the molecule is C/C(=N\NC(=O)c1nnn(-c2nonc2N)c1-c1ccc2c(c1)OCO2)c1ccc2c(c1)OCO2. The molecule has 0 unspecified atom stereocenters. The first kappa shape index (κ1) is 20.5. The number of nitrogens with zero attached hydrogens (tertiary/aromatic N) is 6. The summed E-state index contributed by atoms with van der Waals surface area (Å²) in [6, 6.07) is 10.5. The van der Waals surface area contributed by atoms with E-state index in [9.17, 15) is 4.79 Å². The summed E-state index contributed by atoms with van der Waals surface area (Å²) in [6.07, 6.45) is 0. The Labute approximate surface area is 196 Å². The molecule has 0 atom stereocenters. The molecule has 14 nitrogen and oxygen atoms in total. The predicted octanol–water partition coefficient (Wildman–Crippen LogP) is 1.51. The van der Waals surface area contributed by atoms with Crippen LogP contribution in [0.3, 0.4) is 0 Å². The topological polar surface area (TPSA) is 174 Å². The number of hydrogen-bond acceptors (Lipinski definition) is 12. The standard InChI is InChI=1S/C21H16N8O6/c1-10(11-2-4-13-15(6-11)33-8-31-13)23-25-21(30)17-18(12-3-5-14-16(7-12)34-9-32-14)29(28-24-17)20-19(22)26-35-27-20/h2-7H,8-9H2,1H3,(H2,22,26)(H,25,30)/b23-10+. The van der Waals surface area contributed by atoms with Gasteiger partial charge in [0.1, 0.15) is 5.69 Å². The third kappa shape index (κ3) is 3.52. The first-order valence-electron chi connectivity index (χ1n) is 10.3. The molecule has 2 aliphatic rings. The summed E-state index contributed by atoms with van der Waals surface area (Å²) in [7, 11) is 0. The highest BCUT2D eigenvalue weighted by Crippen LogP contribution is 2.37. The number of nitrogens with two attached hydrogens (primary N) is 1. The minimum absolute atomic E-state index is 0.0273. The predicted molar refractivity (Wildman–Crippen MR) is 117 cm³/mol. The van der Waals surface area contributed by atoms with Gasteiger partial charge in [-0.3, -0.25) is 4.79 Å². The molecule has 6 rings (SSSR count). The monoisotopic (exact) mass is 476 g/mol. The fourth-order valence-corrected chi connectivity index (χ4v) is 3.60. The van der Waals surface area contributed by atoms with Gasteiger partial charge >= 0.3 is 0 Å². The molecule has 14 heteroatoms. The van der Waals surface area contributed by atoms with E-state index in [2.05, 4.69) is 31.2 Å². The van der Waals surface area contributed by atoms with Gasteiger partial charge in [0.25, 0.3) is 5.91 Å². The number of ether oxygens (including phenoxy) is 4. The number of carbonyl (C=O) groups is 1. The Morgan fingerprint density at radius 2 is 1.71 bits per heavy atom. The molecule has 1 amide bonds. The highest BCUT2D eigenvalue weighted by molar-refractivity contribution is 6.02. The van der Waals surface area contributed by atoms with Crippen LogP contribution in [0.25, 0.3) is 17.1 Å². The molecular formula is C21H16N8O6. The molecule has 0 saturated carbocycles. The van der Waals surface area contributed by atoms with Gasteiger partial charge in [-0.2, -0.15) is 9.78 Å². The van der Waals surface area contributed by atoms with Crippen molar-refractivity contribution in [3.8, 4) is 40.1 Å². The number of rotatable bonds is 5. The summed E-state index contributed by atoms with van der Waals surface area (Å²) in [6.45, 7) is 2.00. The van der Waals surface area contributed by atoms with Gasteiger partial charge in [0.2, 0.25) is 25.2 Å². The van der Waals surface area contributed by atoms with E-state index in [1.807, 2.05) is 6.07 Å². The molecule has 2 aliphatic heterocycles. The highest BCUT2D eigenvalue weighted by Gasteiger charge is 2.27. The molecule has 2 aromatic carbocycles. The van der Waals surface area contributed by atoms with Gasteiger partial charge in [-0.1, -0.05) is 5.21 Å². The number of carbonyl (C=O) groups excluding carboxylic acids is 1. The number of benzene rings is 2. The average Bonchev–Trinajstić information content (AvgIpc) is 3.67. The molecule has 35 heavy (non-hydrogen) atoms. The van der Waals surface area contributed by atoms with Gasteiger partial charge in [0.05, 0.1) is 5.71 Å². The maximum atomic E-state index is 13.1. The van der Waals surface area contributed by atoms with E-state index in [1.54, 1.807) is 37.3 Å². The number of hydrazone groups is 1. The maximum Gasteiger partial charge on any atom is 0.294 e. The number of aromatic nitrogens is 5. The van der Waals surface area contributed by atoms with Crippen molar-refractivity contribution in [3.63, 3.8) is 0 Å². The van der Waals surface area contributed by atoms with Crippen molar-refractivity contribution in [1.29, 1.82) is 0 Å². The van der Waals surface area contributed by atoms with Crippen LogP contribution in [0.2, 0.25) is 0 Å². The van der Waals surface area contributed by atoms with Gasteiger partial charge in [0.15, 0.2) is 28.7 Å². The van der Waals surface area contributed by atoms with E-state index < -0.39 is 5.91 Å². The fourth-order valence-electron chi connectivity index (χ4n) is 3.60. The van der Waals surface area contributed by atoms with Crippen LogP contribution in [0.15, 0.2) is 46.1 Å². The van der Waals surface area contributed by atoms with Crippen molar-refractivity contribution < 1.29 is 28.4 Å². The van der Waals surface area contributed by atoms with Crippen molar-refractivity contribution in [3.05, 3.63) is 47.7 Å². The Bertz CT molecular complexity index is 1490. The van der Waals surface area contributed by atoms with Crippen LogP contribution in [-0.2, 0) is 0 Å². The zero-order chi connectivity index (χ0) is 23.9. The lowest BCUT2D eigenvalue weighted by Crippen LogP contribution is -2.21. The maximum absolute atomic E-state index is 13.1. The molecule has 4 heterocycles. The van der Waals surface area contributed by atoms with Gasteiger partial charge in [-0.15, -0.1) is 5.10 Å². The number of hydrogen-bond donors (Lipinski definition) is 2. The highest BCUT2D eigenvalue weighted by atomic mass is 16.7. The van der Waals surface area contributed by atoms with Crippen molar-refractivity contribution in [2.45, 2.75) is 6.92 Å². The van der Waals surface area contributed by atoms with Crippen LogP contribution in [0.5, 0.6) is 23.0 Å². The summed E-state index contributed by atoms with van der Waals surface area (Å²) in [5.74, 6) is 1.77. The molecule has 0 spiro atoms. The van der Waals surface area contributed by atoms with E-state index >= 15 is 0 Å². The Balaban J connectivity index is 1.35. The second-order valence-corrected chi connectivity index (χ2v) is 7.45. The normalized spacial score (nSPS) is 13.8. The van der Waals surface area contributed by atoms with Crippen molar-refractivity contribution in [2.75, 3.05) is 19.3 Å². The molecule has 3 N–H and O–H groups in total. The van der Waals surface area contributed by atoms with E-state index in [4.69, 9.17) is 29.3 Å².